The second-order valence-corrected chi connectivity index (χ2v) is 5.08. The third-order valence-electron chi connectivity index (χ3n) is 2.67. The molecule has 0 saturated carbocycles. The van der Waals surface area contributed by atoms with E-state index < -0.39 is 0 Å². The Morgan fingerprint density at radius 3 is 1.33 bits per heavy atom. The minimum absolute atomic E-state index is 0. The Hall–Kier alpha value is -0.380. The largest absolute Gasteiger partial charge is 2.00 e. The van der Waals surface area contributed by atoms with Gasteiger partial charge in [-0.3, -0.25) is 0 Å². The van der Waals surface area contributed by atoms with Crippen molar-refractivity contribution in [3.63, 3.8) is 0 Å². The SMILES string of the molecule is C=CCc1ccccc1[S-].C=CCc1ccccc1[S-].[Ca+2]. The summed E-state index contributed by atoms with van der Waals surface area (Å²) in [6.45, 7) is 7.30. The van der Waals surface area contributed by atoms with Crippen LogP contribution < -0.4 is 0 Å². The molecule has 0 bridgehead atoms. The van der Waals surface area contributed by atoms with Crippen molar-refractivity contribution in [1.29, 1.82) is 0 Å². The number of hydrogen-bond donors (Lipinski definition) is 0. The molecule has 0 atom stereocenters. The van der Waals surface area contributed by atoms with Crippen LogP contribution in [0.5, 0.6) is 0 Å². The molecule has 2 aromatic carbocycles. The molecule has 0 aliphatic carbocycles. The van der Waals surface area contributed by atoms with E-state index in [0.29, 0.717) is 0 Å². The van der Waals surface area contributed by atoms with Gasteiger partial charge in [0.05, 0.1) is 0 Å². The molecule has 2 rings (SSSR count). The third-order valence-corrected chi connectivity index (χ3v) is 3.47. The van der Waals surface area contributed by atoms with Crippen LogP contribution >= 0.6 is 0 Å². The fourth-order valence-corrected chi connectivity index (χ4v) is 2.12. The van der Waals surface area contributed by atoms with E-state index in [1.807, 2.05) is 60.7 Å². The van der Waals surface area contributed by atoms with E-state index >= 15 is 0 Å². The predicted molar refractivity (Wildman–Crippen MR) is 97.7 cm³/mol. The van der Waals surface area contributed by atoms with Crippen LogP contribution in [0.4, 0.5) is 0 Å². The monoisotopic (exact) mass is 338 g/mol. The summed E-state index contributed by atoms with van der Waals surface area (Å²) < 4.78 is 0. The molecule has 0 aromatic heterocycles. The van der Waals surface area contributed by atoms with Crippen LogP contribution in [-0.2, 0) is 38.1 Å². The molecule has 0 saturated heterocycles. The van der Waals surface area contributed by atoms with Crippen molar-refractivity contribution in [1.82, 2.24) is 0 Å². The first-order valence-electron chi connectivity index (χ1n) is 6.40. The van der Waals surface area contributed by atoms with Crippen molar-refractivity contribution >= 4 is 63.0 Å². The Balaban J connectivity index is 0.000000364. The fourth-order valence-electron chi connectivity index (χ4n) is 1.66. The molecule has 104 valence electrons. The molecule has 0 unspecified atom stereocenters. The maximum Gasteiger partial charge on any atom is 2.00 e. The summed E-state index contributed by atoms with van der Waals surface area (Å²) in [6.07, 6.45) is 5.48. The van der Waals surface area contributed by atoms with E-state index in [4.69, 9.17) is 25.3 Å². The van der Waals surface area contributed by atoms with Crippen molar-refractivity contribution < 1.29 is 0 Å². The molecule has 0 amide bonds. The summed E-state index contributed by atoms with van der Waals surface area (Å²) in [6, 6.07) is 15.8. The van der Waals surface area contributed by atoms with Crippen molar-refractivity contribution in [3.8, 4) is 0 Å². The first-order chi connectivity index (χ1) is 9.69. The van der Waals surface area contributed by atoms with Gasteiger partial charge in [0.25, 0.3) is 0 Å². The van der Waals surface area contributed by atoms with Crippen LogP contribution in [0, 0.1) is 0 Å². The molecule has 21 heavy (non-hydrogen) atoms. The van der Waals surface area contributed by atoms with Gasteiger partial charge in [-0.2, -0.15) is 9.79 Å². The van der Waals surface area contributed by atoms with Gasteiger partial charge >= 0.3 is 37.7 Å². The first kappa shape index (κ1) is 20.6. The normalized spacial score (nSPS) is 8.76. The van der Waals surface area contributed by atoms with Gasteiger partial charge in [0, 0.05) is 0 Å². The molecule has 0 aliphatic heterocycles. The zero-order chi connectivity index (χ0) is 14.8. The van der Waals surface area contributed by atoms with Gasteiger partial charge < -0.3 is 25.3 Å². The van der Waals surface area contributed by atoms with E-state index in [2.05, 4.69) is 13.2 Å². The molecule has 3 heteroatoms. The van der Waals surface area contributed by atoms with Crippen LogP contribution in [0.1, 0.15) is 11.1 Å². The topological polar surface area (TPSA) is 0 Å². The summed E-state index contributed by atoms with van der Waals surface area (Å²) in [4.78, 5) is 1.87. The zero-order valence-corrected chi connectivity index (χ0v) is 16.0. The predicted octanol–water partition coefficient (Wildman–Crippen LogP) is 4.26. The standard InChI is InChI=1S/2C9H10S.Ca/c2*1-2-5-8-6-3-4-7-9(8)10;/h2*2-4,6-7,10H,1,5H2;/q;;+2/p-2. The minimum atomic E-state index is 0. The Morgan fingerprint density at radius 1 is 0.714 bits per heavy atom. The molecular weight excluding hydrogens is 320 g/mol. The van der Waals surface area contributed by atoms with E-state index in [1.54, 1.807) is 0 Å². The molecule has 0 radical (unpaired) electrons. The average molecular weight is 339 g/mol. The van der Waals surface area contributed by atoms with Gasteiger partial charge in [-0.1, -0.05) is 71.8 Å². The maximum absolute atomic E-state index is 5.07. The summed E-state index contributed by atoms with van der Waals surface area (Å²) >= 11 is 10.1. The molecular formula is C18H18CaS2. The summed E-state index contributed by atoms with van der Waals surface area (Å²) in [5.74, 6) is 0. The summed E-state index contributed by atoms with van der Waals surface area (Å²) in [7, 11) is 0. The minimum Gasteiger partial charge on any atom is -0.779 e. The number of benzene rings is 2. The van der Waals surface area contributed by atoms with Crippen LogP contribution in [0.2, 0.25) is 0 Å². The molecule has 0 aliphatic rings. The first-order valence-corrected chi connectivity index (χ1v) is 7.22. The average Bonchev–Trinajstić information content (AvgIpc) is 2.45. The van der Waals surface area contributed by atoms with E-state index in [9.17, 15) is 0 Å². The van der Waals surface area contributed by atoms with E-state index in [-0.39, 0.29) is 37.7 Å². The van der Waals surface area contributed by atoms with Crippen LogP contribution in [0.25, 0.3) is 0 Å². The van der Waals surface area contributed by atoms with Crippen molar-refractivity contribution in [2.45, 2.75) is 22.6 Å². The Morgan fingerprint density at radius 2 is 1.05 bits per heavy atom. The zero-order valence-electron chi connectivity index (χ0n) is 12.1. The summed E-state index contributed by atoms with van der Waals surface area (Å²) in [5, 5.41) is 0. The molecule has 0 N–H and O–H groups in total. The number of rotatable bonds is 4. The molecule has 0 nitrogen and oxygen atoms in total. The fraction of sp³-hybridized carbons (Fsp3) is 0.111. The Bertz CT molecular complexity index is 513. The maximum atomic E-state index is 5.07. The second kappa shape index (κ2) is 12.2. The van der Waals surface area contributed by atoms with Crippen LogP contribution in [0.15, 0.2) is 83.6 Å². The van der Waals surface area contributed by atoms with Gasteiger partial charge in [-0.05, 0) is 12.8 Å². The molecule has 0 heterocycles. The second-order valence-electron chi connectivity index (χ2n) is 4.20. The Kier molecular flexibility index (Phi) is 12.0. The van der Waals surface area contributed by atoms with Crippen molar-refractivity contribution in [2.24, 2.45) is 0 Å². The number of allylic oxidation sites excluding steroid dienone is 2. The van der Waals surface area contributed by atoms with Crippen LogP contribution in [-0.4, -0.2) is 37.7 Å². The van der Waals surface area contributed by atoms with E-state index in [0.717, 1.165) is 22.6 Å². The van der Waals surface area contributed by atoms with Gasteiger partial charge in [0.15, 0.2) is 0 Å². The molecule has 0 fully saturated rings. The quantitative estimate of drug-likeness (QED) is 0.464. The number of hydrogen-bond acceptors (Lipinski definition) is 2. The smallest absolute Gasteiger partial charge is 0.779 e. The van der Waals surface area contributed by atoms with Gasteiger partial charge in [0.2, 0.25) is 0 Å². The van der Waals surface area contributed by atoms with Crippen molar-refractivity contribution in [2.75, 3.05) is 0 Å². The van der Waals surface area contributed by atoms with Gasteiger partial charge in [-0.25, -0.2) is 0 Å². The van der Waals surface area contributed by atoms with E-state index in [1.165, 1.54) is 11.1 Å². The molecule has 2 aromatic rings. The Labute approximate surface area is 169 Å². The molecule has 0 spiro atoms. The van der Waals surface area contributed by atoms with Gasteiger partial charge in [0.1, 0.15) is 0 Å². The van der Waals surface area contributed by atoms with Gasteiger partial charge in [-0.15, -0.1) is 13.2 Å². The van der Waals surface area contributed by atoms with Crippen LogP contribution in [0.3, 0.4) is 0 Å². The summed E-state index contributed by atoms with van der Waals surface area (Å²) in [5.41, 5.74) is 2.38. The van der Waals surface area contributed by atoms with Crippen molar-refractivity contribution in [3.05, 3.63) is 85.0 Å². The third kappa shape index (κ3) is 7.98.